The number of nitrogens with two attached hydrogens (primary N) is 1. The summed E-state index contributed by atoms with van der Waals surface area (Å²) in [6, 6.07) is 12.1. The first-order valence-corrected chi connectivity index (χ1v) is 9.20. The summed E-state index contributed by atoms with van der Waals surface area (Å²) in [5.41, 5.74) is 9.65. The molecule has 0 saturated carbocycles. The summed E-state index contributed by atoms with van der Waals surface area (Å²) in [5, 5.41) is 4.89. The van der Waals surface area contributed by atoms with Gasteiger partial charge in [-0.1, -0.05) is 41.2 Å². The van der Waals surface area contributed by atoms with Gasteiger partial charge in [-0.2, -0.15) is 0 Å². The van der Waals surface area contributed by atoms with E-state index in [4.69, 9.17) is 10.6 Å². The van der Waals surface area contributed by atoms with Crippen LogP contribution in [0, 0.1) is 0 Å². The maximum absolute atomic E-state index is 5.93. The van der Waals surface area contributed by atoms with E-state index in [-0.39, 0.29) is 5.54 Å². The Labute approximate surface area is 152 Å². The van der Waals surface area contributed by atoms with Gasteiger partial charge in [0, 0.05) is 23.7 Å². The number of nitrogens with zero attached hydrogens (tertiary/aromatic N) is 3. The van der Waals surface area contributed by atoms with Crippen LogP contribution in [-0.2, 0) is 17.0 Å². The van der Waals surface area contributed by atoms with Crippen molar-refractivity contribution < 1.29 is 4.84 Å². The van der Waals surface area contributed by atoms with Gasteiger partial charge in [0.25, 0.3) is 0 Å². The Balaban J connectivity index is 1.74. The molecule has 3 rings (SSSR count). The second kappa shape index (κ2) is 7.70. The maximum atomic E-state index is 5.93. The second-order valence-corrected chi connectivity index (χ2v) is 7.33. The highest BCUT2D eigenvalue weighted by molar-refractivity contribution is 8.13. The SMILES string of the molecule is CC(=NOCc1cccnc1)c1cccc(C2(C)CCSC(N)=N2)c1. The van der Waals surface area contributed by atoms with E-state index in [1.54, 1.807) is 24.2 Å². The minimum absolute atomic E-state index is 0.276. The minimum atomic E-state index is -0.276. The van der Waals surface area contributed by atoms with Crippen LogP contribution in [0.1, 0.15) is 37.0 Å². The second-order valence-electron chi connectivity index (χ2n) is 6.21. The molecule has 2 N–H and O–H groups in total. The van der Waals surface area contributed by atoms with Crippen molar-refractivity contribution in [1.29, 1.82) is 0 Å². The molecular weight excluding hydrogens is 332 g/mol. The molecule has 0 aliphatic carbocycles. The first-order chi connectivity index (χ1) is 12.1. The van der Waals surface area contributed by atoms with E-state index in [0.29, 0.717) is 11.8 Å². The highest BCUT2D eigenvalue weighted by atomic mass is 32.2. The zero-order chi connectivity index (χ0) is 17.7. The van der Waals surface area contributed by atoms with Crippen molar-refractivity contribution in [3.63, 3.8) is 0 Å². The molecule has 130 valence electrons. The predicted molar refractivity (Wildman–Crippen MR) is 104 cm³/mol. The maximum Gasteiger partial charge on any atom is 0.154 e. The van der Waals surface area contributed by atoms with Crippen molar-refractivity contribution in [1.82, 2.24) is 4.98 Å². The molecule has 0 saturated heterocycles. The molecule has 2 heterocycles. The summed E-state index contributed by atoms with van der Waals surface area (Å²) >= 11 is 1.61. The molecule has 0 fully saturated rings. The standard InChI is InChI=1S/C19H22N4OS/c1-14(23-24-13-15-5-4-9-21-12-15)16-6-3-7-17(11-16)19(2)8-10-25-18(20)22-19/h3-7,9,11-12H,8,10,13H2,1-2H3,(H2,20,22). The molecule has 0 bridgehead atoms. The molecule has 1 aromatic heterocycles. The van der Waals surface area contributed by atoms with Gasteiger partial charge in [0.15, 0.2) is 5.17 Å². The highest BCUT2D eigenvalue weighted by Crippen LogP contribution is 2.35. The van der Waals surface area contributed by atoms with E-state index >= 15 is 0 Å². The molecule has 1 unspecified atom stereocenters. The van der Waals surface area contributed by atoms with Crippen molar-refractivity contribution in [2.24, 2.45) is 15.9 Å². The van der Waals surface area contributed by atoms with Crippen LogP contribution in [0.2, 0.25) is 0 Å². The molecule has 5 nitrogen and oxygen atoms in total. The number of aromatic nitrogens is 1. The summed E-state index contributed by atoms with van der Waals surface area (Å²) < 4.78 is 0. The van der Waals surface area contributed by atoms with Crippen LogP contribution in [0.25, 0.3) is 0 Å². The van der Waals surface area contributed by atoms with Crippen LogP contribution < -0.4 is 5.73 Å². The third kappa shape index (κ3) is 4.39. The van der Waals surface area contributed by atoms with Gasteiger partial charge in [-0.3, -0.25) is 9.98 Å². The third-order valence-corrected chi connectivity index (χ3v) is 5.05. The number of hydrogen-bond acceptors (Lipinski definition) is 6. The summed E-state index contributed by atoms with van der Waals surface area (Å²) in [6.07, 6.45) is 4.48. The number of rotatable bonds is 5. The topological polar surface area (TPSA) is 72.9 Å². The number of oxime groups is 1. The Morgan fingerprint density at radius 1 is 1.36 bits per heavy atom. The third-order valence-electron chi connectivity index (χ3n) is 4.25. The van der Waals surface area contributed by atoms with Gasteiger partial charge in [-0.25, -0.2) is 0 Å². The highest BCUT2D eigenvalue weighted by Gasteiger charge is 2.29. The first-order valence-electron chi connectivity index (χ1n) is 8.21. The van der Waals surface area contributed by atoms with Gasteiger partial charge in [0.1, 0.15) is 6.61 Å². The average molecular weight is 354 g/mol. The fraction of sp³-hybridized carbons (Fsp3) is 0.316. The zero-order valence-corrected chi connectivity index (χ0v) is 15.3. The van der Waals surface area contributed by atoms with Crippen LogP contribution in [0.15, 0.2) is 58.9 Å². The van der Waals surface area contributed by atoms with Crippen molar-refractivity contribution in [3.8, 4) is 0 Å². The number of amidine groups is 1. The fourth-order valence-electron chi connectivity index (χ4n) is 2.71. The number of aliphatic imine (C=N–C) groups is 1. The Hall–Kier alpha value is -2.34. The summed E-state index contributed by atoms with van der Waals surface area (Å²) in [6.45, 7) is 4.48. The van der Waals surface area contributed by atoms with Crippen LogP contribution in [0.5, 0.6) is 0 Å². The molecule has 6 heteroatoms. The van der Waals surface area contributed by atoms with Gasteiger partial charge in [-0.05, 0) is 43.5 Å². The summed E-state index contributed by atoms with van der Waals surface area (Å²) in [4.78, 5) is 14.2. The van der Waals surface area contributed by atoms with Crippen molar-refractivity contribution in [2.75, 3.05) is 5.75 Å². The van der Waals surface area contributed by atoms with Crippen LogP contribution in [0.3, 0.4) is 0 Å². The molecule has 1 aromatic carbocycles. The van der Waals surface area contributed by atoms with Crippen LogP contribution in [0.4, 0.5) is 0 Å². The number of benzene rings is 1. The van der Waals surface area contributed by atoms with Gasteiger partial charge < -0.3 is 10.6 Å². The smallest absolute Gasteiger partial charge is 0.154 e. The average Bonchev–Trinajstić information content (AvgIpc) is 2.62. The molecule has 0 radical (unpaired) electrons. The normalized spacial score (nSPS) is 20.9. The Kier molecular flexibility index (Phi) is 5.38. The summed E-state index contributed by atoms with van der Waals surface area (Å²) in [5.74, 6) is 0.983. The lowest BCUT2D eigenvalue weighted by molar-refractivity contribution is 0.130. The molecule has 0 amide bonds. The zero-order valence-electron chi connectivity index (χ0n) is 14.5. The van der Waals surface area contributed by atoms with E-state index in [1.165, 1.54) is 0 Å². The molecular formula is C19H22N4OS. The van der Waals surface area contributed by atoms with Crippen molar-refractivity contribution >= 4 is 22.6 Å². The van der Waals surface area contributed by atoms with E-state index < -0.39 is 0 Å². The van der Waals surface area contributed by atoms with E-state index in [0.717, 1.165) is 34.6 Å². The number of thioether (sulfide) groups is 1. The molecule has 1 aliphatic heterocycles. The van der Waals surface area contributed by atoms with Crippen molar-refractivity contribution in [3.05, 3.63) is 65.5 Å². The van der Waals surface area contributed by atoms with E-state index in [9.17, 15) is 0 Å². The van der Waals surface area contributed by atoms with Gasteiger partial charge in [0.05, 0.1) is 11.3 Å². The first kappa shape index (κ1) is 17.5. The molecule has 0 spiro atoms. The van der Waals surface area contributed by atoms with Crippen LogP contribution in [-0.4, -0.2) is 21.6 Å². The lowest BCUT2D eigenvalue weighted by Crippen LogP contribution is -2.28. The largest absolute Gasteiger partial charge is 0.391 e. The lowest BCUT2D eigenvalue weighted by atomic mass is 9.88. The Bertz CT molecular complexity index is 791. The predicted octanol–water partition coefficient (Wildman–Crippen LogP) is 3.69. The Morgan fingerprint density at radius 3 is 3.00 bits per heavy atom. The number of pyridine rings is 1. The van der Waals surface area contributed by atoms with E-state index in [1.807, 2.05) is 31.2 Å². The minimum Gasteiger partial charge on any atom is -0.391 e. The molecule has 1 atom stereocenters. The van der Waals surface area contributed by atoms with Gasteiger partial charge >= 0.3 is 0 Å². The van der Waals surface area contributed by atoms with Crippen LogP contribution >= 0.6 is 11.8 Å². The van der Waals surface area contributed by atoms with E-state index in [2.05, 4.69) is 34.2 Å². The Morgan fingerprint density at radius 2 is 2.24 bits per heavy atom. The summed E-state index contributed by atoms with van der Waals surface area (Å²) in [7, 11) is 0. The molecule has 2 aromatic rings. The monoisotopic (exact) mass is 354 g/mol. The fourth-order valence-corrected chi connectivity index (χ4v) is 3.69. The lowest BCUT2D eigenvalue weighted by Gasteiger charge is -2.30. The van der Waals surface area contributed by atoms with Crippen molar-refractivity contribution in [2.45, 2.75) is 32.4 Å². The quantitative estimate of drug-likeness (QED) is 0.656. The molecule has 1 aliphatic rings. The molecule has 25 heavy (non-hydrogen) atoms. The number of hydrogen-bond donors (Lipinski definition) is 1. The van der Waals surface area contributed by atoms with Gasteiger partial charge in [0.2, 0.25) is 0 Å². The van der Waals surface area contributed by atoms with Gasteiger partial charge in [-0.15, -0.1) is 0 Å².